The first kappa shape index (κ1) is 78.7. The Hall–Kier alpha value is -8.96. The van der Waals surface area contributed by atoms with Gasteiger partial charge < -0.3 is 24.8 Å². The fourth-order valence-electron chi connectivity index (χ4n) is 6.92. The van der Waals surface area contributed by atoms with Gasteiger partial charge in [0, 0.05) is 30.5 Å². The highest BCUT2D eigenvalue weighted by Gasteiger charge is 2.18. The number of amides is 5. The van der Waals surface area contributed by atoms with E-state index in [1.54, 1.807) is 116 Å². The molecule has 8 N–H and O–H groups in total. The smallest absolute Gasteiger partial charge is 0.308 e. The number of aromatic hydroxyl groups is 3. The number of hydrogen-bond acceptors (Lipinski definition) is 22. The molecule has 10 rings (SSSR count). The molecule has 10 aromatic rings. The number of nitrogens with zero attached hydrogens (tertiary/aromatic N) is 5. The number of anilines is 5. The number of nitrogens with one attached hydrogen (secondary N) is 5. The summed E-state index contributed by atoms with van der Waals surface area (Å²) >= 11 is 7.01. The van der Waals surface area contributed by atoms with Gasteiger partial charge in [0.25, 0.3) is 29.5 Å². The summed E-state index contributed by atoms with van der Waals surface area (Å²) < 4.78 is 15.1. The van der Waals surface area contributed by atoms with Crippen LogP contribution in [0.1, 0.15) is 73.1 Å². The lowest BCUT2D eigenvalue weighted by molar-refractivity contribution is -0.132. The number of phenols is 3. The van der Waals surface area contributed by atoms with E-state index in [4.69, 9.17) is 14.6 Å². The molecule has 5 atom stereocenters. The van der Waals surface area contributed by atoms with Crippen molar-refractivity contribution in [2.75, 3.05) is 57.9 Å². The molecule has 5 heterocycles. The van der Waals surface area contributed by atoms with Crippen LogP contribution in [0.5, 0.6) is 28.7 Å². The topological polar surface area (TPSA) is 323 Å². The Morgan fingerprint density at radius 2 is 0.722 bits per heavy atom. The molecule has 0 bridgehead atoms. The van der Waals surface area contributed by atoms with E-state index in [0.717, 1.165) is 21.0 Å². The average Bonchev–Trinajstić information content (AvgIpc) is 1.86. The SMILES string of the molecule is C.C=S(C)c1cnc(NC(=O)c2ccc(O)cc2)s1.C=S(C)c1cnc(NC(=O)c2cccc(O)c2)s1.C=S(C)c1cnc(NC(=O)c2cccc(OC(C)=O)c2)s1.C=S(C)c1cnc(NC(=O)c2ccccc2O)s1.C=S(C)c1cnc(NC(=O)c2ccccc2OC(C)=O)s1. The maximum absolute atomic E-state index is 12.2. The van der Waals surface area contributed by atoms with Gasteiger partial charge >= 0.3 is 11.9 Å². The molecule has 0 fully saturated rings. The fraction of sp³-hybridized carbons (Fsp3) is 0.123. The Labute approximate surface area is 593 Å². The molecule has 5 aromatic carbocycles. The Balaban J connectivity index is 0.000000219. The van der Waals surface area contributed by atoms with Gasteiger partial charge in [-0.05, 0) is 116 Å². The summed E-state index contributed by atoms with van der Waals surface area (Å²) in [5.74, 6) is 17.9. The summed E-state index contributed by atoms with van der Waals surface area (Å²) in [5, 5.41) is 44.1. The molecule has 97 heavy (non-hydrogen) atoms. The number of aromatic nitrogens is 5. The van der Waals surface area contributed by atoms with E-state index < -0.39 is 11.9 Å². The van der Waals surface area contributed by atoms with Crippen molar-refractivity contribution < 1.29 is 58.4 Å². The normalized spacial score (nSPS) is 11.8. The van der Waals surface area contributed by atoms with Gasteiger partial charge in [-0.3, -0.25) is 60.1 Å². The number of carbonyl (C=O) groups is 7. The predicted molar refractivity (Wildman–Crippen MR) is 411 cm³/mol. The average molecular weight is 1500 g/mol. The molecule has 0 aliphatic carbocycles. The van der Waals surface area contributed by atoms with Crippen LogP contribution in [0.4, 0.5) is 25.7 Å². The Bertz CT molecular complexity index is 4540. The number of ether oxygens (including phenoxy) is 2. The molecule has 510 valence electrons. The van der Waals surface area contributed by atoms with Gasteiger partial charge in [0.1, 0.15) is 28.7 Å². The minimum Gasteiger partial charge on any atom is -0.508 e. The van der Waals surface area contributed by atoms with Gasteiger partial charge in [-0.2, -0.15) is 52.4 Å². The number of rotatable bonds is 17. The van der Waals surface area contributed by atoms with Gasteiger partial charge in [0.2, 0.25) is 0 Å². The number of benzene rings is 5. The van der Waals surface area contributed by atoms with E-state index in [1.165, 1.54) is 107 Å². The van der Waals surface area contributed by atoms with E-state index in [2.05, 4.69) is 80.9 Å². The fourth-order valence-corrected chi connectivity index (χ4v) is 14.8. The highest BCUT2D eigenvalue weighted by atomic mass is 32.2. The van der Waals surface area contributed by atoms with Crippen molar-refractivity contribution in [3.8, 4) is 28.7 Å². The van der Waals surface area contributed by atoms with Gasteiger partial charge in [-0.15, -0.1) is 0 Å². The summed E-state index contributed by atoms with van der Waals surface area (Å²) in [6, 6.07) is 31.6. The number of hydrogen-bond donors (Lipinski definition) is 8. The van der Waals surface area contributed by atoms with Crippen molar-refractivity contribution in [2.24, 2.45) is 0 Å². The van der Waals surface area contributed by atoms with Crippen LogP contribution in [-0.4, -0.2) is 142 Å². The second-order valence-corrected chi connectivity index (χ2v) is 34.2. The minimum absolute atomic E-state index is 0. The molecule has 5 unspecified atom stereocenters. The highest BCUT2D eigenvalue weighted by molar-refractivity contribution is 8.16. The number of para-hydroxylation sites is 2. The first-order valence-electron chi connectivity index (χ1n) is 27.2. The Morgan fingerprint density at radius 1 is 0.381 bits per heavy atom. The van der Waals surface area contributed by atoms with Crippen molar-refractivity contribution in [1.82, 2.24) is 24.9 Å². The number of phenolic OH excluding ortho intramolecular Hbond substituents is 3. The lowest BCUT2D eigenvalue weighted by atomic mass is 10.2. The van der Waals surface area contributed by atoms with Gasteiger partial charge in [0.15, 0.2) is 25.7 Å². The highest BCUT2D eigenvalue weighted by Crippen LogP contribution is 2.35. The van der Waals surface area contributed by atoms with E-state index in [0.29, 0.717) is 48.1 Å². The maximum Gasteiger partial charge on any atom is 0.308 e. The van der Waals surface area contributed by atoms with Crippen LogP contribution >= 0.6 is 109 Å². The number of esters is 2. The van der Waals surface area contributed by atoms with E-state index in [9.17, 15) is 43.8 Å². The van der Waals surface area contributed by atoms with Crippen LogP contribution < -0.4 is 36.1 Å². The second-order valence-electron chi connectivity index (χ2n) is 19.2. The summed E-state index contributed by atoms with van der Waals surface area (Å²) in [4.78, 5) is 103. The van der Waals surface area contributed by atoms with Crippen molar-refractivity contribution >= 4 is 206 Å². The molecule has 0 aliphatic heterocycles. The van der Waals surface area contributed by atoms with E-state index in [1.807, 2.05) is 31.3 Å². The molecular formula is C65H68N10O12S10. The molecule has 0 saturated carbocycles. The zero-order valence-electron chi connectivity index (χ0n) is 52.3. The summed E-state index contributed by atoms with van der Waals surface area (Å²) in [6.07, 6.45) is 18.5. The van der Waals surface area contributed by atoms with Crippen molar-refractivity contribution in [3.05, 3.63) is 180 Å². The summed E-state index contributed by atoms with van der Waals surface area (Å²) in [5.41, 5.74) is 1.80. The standard InChI is InChI=1S/2C14H14N2O3S2.3C12H12N2O2S2.CH4/c1-9(17)19-11-6-4-5-10(7-11)13(18)16-14-15-8-12(20-14)21(2)3;1-9(17)19-11-7-5-4-6-10(11)13(18)16-14-15-8-12(20-14)21(2)3;1-18(2)10-7-13-12(17-10)14-11(16)8-3-5-9(15)6-4-8;1-18(2)10-7-13-12(17-10)14-11(16)8-4-3-5-9(15)6-8;1-18(2)10-7-13-12(17-10)14-11(16)8-5-3-4-6-9(8)15;/h2*4-8H,2H2,1,3H3,(H,15,16,18);3*3-7,15H,1H2,2H3,(H,13,14,16);1H4. The van der Waals surface area contributed by atoms with Gasteiger partial charge in [0.05, 0.1) is 63.2 Å². The van der Waals surface area contributed by atoms with Gasteiger partial charge in [-0.25, -0.2) is 24.9 Å². The quantitative estimate of drug-likeness (QED) is 0.0239. The van der Waals surface area contributed by atoms with Crippen LogP contribution in [0.25, 0.3) is 0 Å². The van der Waals surface area contributed by atoms with Crippen molar-refractivity contribution in [1.29, 1.82) is 0 Å². The first-order valence-corrected chi connectivity index (χ1v) is 40.3. The van der Waals surface area contributed by atoms with E-state index in [-0.39, 0.29) is 124 Å². The monoisotopic (exact) mass is 1500 g/mol. The molecule has 0 saturated heterocycles. The van der Waals surface area contributed by atoms with Crippen molar-refractivity contribution in [3.63, 3.8) is 0 Å². The lowest BCUT2D eigenvalue weighted by Gasteiger charge is -2.07. The molecule has 0 aliphatic rings. The van der Waals surface area contributed by atoms with Crippen molar-refractivity contribution in [2.45, 2.75) is 42.3 Å². The Morgan fingerprint density at radius 3 is 1.09 bits per heavy atom. The number of thiazole rings is 5. The summed E-state index contributed by atoms with van der Waals surface area (Å²) in [7, 11) is -0.597. The number of carbonyl (C=O) groups excluding carboxylic acids is 7. The maximum atomic E-state index is 12.2. The molecule has 5 aromatic heterocycles. The third-order valence-corrected chi connectivity index (χ3v) is 24.4. The van der Waals surface area contributed by atoms with Gasteiger partial charge in [-0.1, -0.05) is 130 Å². The molecule has 5 amide bonds. The third kappa shape index (κ3) is 25.9. The molecule has 0 spiro atoms. The van der Waals surface area contributed by atoms with Crippen LogP contribution in [0.3, 0.4) is 0 Å². The molecule has 32 heteroatoms. The predicted octanol–water partition coefficient (Wildman–Crippen LogP) is 15.0. The zero-order chi connectivity index (χ0) is 70.2. The largest absolute Gasteiger partial charge is 0.508 e. The molecule has 22 nitrogen and oxygen atoms in total. The lowest BCUT2D eigenvalue weighted by Crippen LogP contribution is -2.14. The van der Waals surface area contributed by atoms with Crippen LogP contribution in [0, 0.1) is 0 Å². The minimum atomic E-state index is -0.473. The second kappa shape index (κ2) is 38.7. The summed E-state index contributed by atoms with van der Waals surface area (Å²) in [6.45, 7) is 2.60. The molecule has 0 radical (unpaired) electrons. The Kier molecular flexibility index (Phi) is 31.4. The van der Waals surface area contributed by atoms with E-state index >= 15 is 0 Å². The zero-order valence-corrected chi connectivity index (χ0v) is 60.5. The molecular weight excluding hydrogens is 1430 g/mol. The third-order valence-electron chi connectivity index (χ3n) is 11.4. The van der Waals surface area contributed by atoms with Crippen LogP contribution in [0.2, 0.25) is 0 Å². The van der Waals surface area contributed by atoms with Crippen LogP contribution in [-0.2, 0) is 9.59 Å². The first-order chi connectivity index (χ1) is 45.6. The van der Waals surface area contributed by atoms with Crippen LogP contribution in [0.15, 0.2) is 173 Å².